The number of nitrogens with zero attached hydrogens (tertiary/aromatic N) is 3. The van der Waals surface area contributed by atoms with Crippen LogP contribution in [-0.4, -0.2) is 49.7 Å². The molecule has 0 aromatic carbocycles. The Kier molecular flexibility index (Phi) is 5.45. The van der Waals surface area contributed by atoms with Gasteiger partial charge in [0.2, 0.25) is 5.95 Å². The first-order valence-corrected chi connectivity index (χ1v) is 8.62. The van der Waals surface area contributed by atoms with Gasteiger partial charge < -0.3 is 20.9 Å². The zero-order valence-electron chi connectivity index (χ0n) is 13.6. The van der Waals surface area contributed by atoms with Gasteiger partial charge in [-0.15, -0.1) is 0 Å². The number of nitrogens with one attached hydrogen (secondary N) is 3. The average molecular weight is 304 g/mol. The summed E-state index contributed by atoms with van der Waals surface area (Å²) in [6, 6.07) is 0. The van der Waals surface area contributed by atoms with Gasteiger partial charge >= 0.3 is 0 Å². The van der Waals surface area contributed by atoms with Gasteiger partial charge in [-0.05, 0) is 19.9 Å². The fraction of sp³-hybridized carbons (Fsp3) is 0.750. The van der Waals surface area contributed by atoms with Gasteiger partial charge in [0, 0.05) is 51.3 Å². The minimum Gasteiger partial charge on any atom is -0.356 e. The summed E-state index contributed by atoms with van der Waals surface area (Å²) in [4.78, 5) is 12.1. The lowest BCUT2D eigenvalue weighted by molar-refractivity contribution is 0.620. The number of aromatic nitrogens is 2. The predicted octanol–water partition coefficient (Wildman–Crippen LogP) is 1.13. The van der Waals surface area contributed by atoms with Gasteiger partial charge in [0.25, 0.3) is 0 Å². The van der Waals surface area contributed by atoms with Gasteiger partial charge in [0.15, 0.2) is 0 Å². The van der Waals surface area contributed by atoms with Gasteiger partial charge in [-0.3, -0.25) is 0 Å². The Bertz CT molecular complexity index is 482. The van der Waals surface area contributed by atoms with E-state index in [1.54, 1.807) is 0 Å². The van der Waals surface area contributed by atoms with Gasteiger partial charge in [-0.2, -0.15) is 4.98 Å². The third kappa shape index (κ3) is 3.67. The molecule has 3 heterocycles. The number of hydrogen-bond acceptors (Lipinski definition) is 6. The second kappa shape index (κ2) is 7.74. The predicted molar refractivity (Wildman–Crippen MR) is 90.5 cm³/mol. The maximum Gasteiger partial charge on any atom is 0.224 e. The Hall–Kier alpha value is -1.40. The Labute approximate surface area is 133 Å². The summed E-state index contributed by atoms with van der Waals surface area (Å²) in [5.74, 6) is 1.95. The number of hydrogen-bond donors (Lipinski definition) is 3. The zero-order chi connectivity index (χ0) is 15.2. The minimum absolute atomic E-state index is 0.787. The molecule has 1 aromatic rings. The molecule has 122 valence electrons. The van der Waals surface area contributed by atoms with E-state index in [0.717, 1.165) is 57.5 Å². The number of fused-ring (bicyclic) bond motifs is 1. The third-order valence-electron chi connectivity index (χ3n) is 4.47. The van der Waals surface area contributed by atoms with Crippen molar-refractivity contribution in [3.8, 4) is 0 Å². The second-order valence-electron chi connectivity index (χ2n) is 6.15. The SMILES string of the molecule is CNCCNc1nc2c(c(N3CCCCCC3)n1)CNCC2. The van der Waals surface area contributed by atoms with Crippen LogP contribution in [-0.2, 0) is 13.0 Å². The summed E-state index contributed by atoms with van der Waals surface area (Å²) < 4.78 is 0. The lowest BCUT2D eigenvalue weighted by Gasteiger charge is -2.28. The monoisotopic (exact) mass is 304 g/mol. The first-order chi connectivity index (χ1) is 10.9. The molecule has 0 radical (unpaired) electrons. The largest absolute Gasteiger partial charge is 0.356 e. The van der Waals surface area contributed by atoms with Crippen LogP contribution in [0, 0.1) is 0 Å². The van der Waals surface area contributed by atoms with Crippen LogP contribution in [0.1, 0.15) is 36.9 Å². The molecule has 6 nitrogen and oxygen atoms in total. The van der Waals surface area contributed by atoms with Gasteiger partial charge in [-0.25, -0.2) is 4.98 Å². The van der Waals surface area contributed by atoms with E-state index in [-0.39, 0.29) is 0 Å². The van der Waals surface area contributed by atoms with Crippen LogP contribution in [0.5, 0.6) is 0 Å². The van der Waals surface area contributed by atoms with Gasteiger partial charge in [-0.1, -0.05) is 12.8 Å². The summed E-state index contributed by atoms with van der Waals surface area (Å²) in [6.07, 6.45) is 6.23. The molecule has 0 spiro atoms. The molecule has 2 aliphatic rings. The number of anilines is 2. The van der Waals surface area contributed by atoms with Crippen molar-refractivity contribution in [2.45, 2.75) is 38.6 Å². The van der Waals surface area contributed by atoms with E-state index in [2.05, 4.69) is 20.9 Å². The highest BCUT2D eigenvalue weighted by molar-refractivity contribution is 5.53. The van der Waals surface area contributed by atoms with Gasteiger partial charge in [0.05, 0.1) is 5.69 Å². The van der Waals surface area contributed by atoms with E-state index in [1.165, 1.54) is 36.9 Å². The first-order valence-electron chi connectivity index (χ1n) is 8.62. The zero-order valence-corrected chi connectivity index (χ0v) is 13.6. The molecule has 1 fully saturated rings. The maximum atomic E-state index is 4.86. The molecule has 0 atom stereocenters. The fourth-order valence-corrected chi connectivity index (χ4v) is 3.25. The number of likely N-dealkylation sites (N-methyl/N-ethyl adjacent to an activating group) is 1. The van der Waals surface area contributed by atoms with E-state index in [4.69, 9.17) is 9.97 Å². The van der Waals surface area contributed by atoms with Crippen LogP contribution in [0.2, 0.25) is 0 Å². The van der Waals surface area contributed by atoms with Crippen molar-refractivity contribution in [2.75, 3.05) is 50.0 Å². The van der Waals surface area contributed by atoms with Crippen LogP contribution in [0.25, 0.3) is 0 Å². The van der Waals surface area contributed by atoms with Crippen LogP contribution in [0.4, 0.5) is 11.8 Å². The molecule has 0 aliphatic carbocycles. The molecule has 2 aliphatic heterocycles. The highest BCUT2D eigenvalue weighted by atomic mass is 15.2. The molecule has 0 bridgehead atoms. The highest BCUT2D eigenvalue weighted by Crippen LogP contribution is 2.27. The van der Waals surface area contributed by atoms with E-state index in [0.29, 0.717) is 0 Å². The summed E-state index contributed by atoms with van der Waals surface area (Å²) in [5.41, 5.74) is 2.53. The van der Waals surface area contributed by atoms with Crippen molar-refractivity contribution in [1.29, 1.82) is 0 Å². The summed E-state index contributed by atoms with van der Waals surface area (Å²) in [6.45, 7) is 5.93. The normalized spacial score (nSPS) is 18.7. The summed E-state index contributed by atoms with van der Waals surface area (Å²) >= 11 is 0. The smallest absolute Gasteiger partial charge is 0.224 e. The quantitative estimate of drug-likeness (QED) is 0.709. The van der Waals surface area contributed by atoms with E-state index >= 15 is 0 Å². The van der Waals surface area contributed by atoms with Crippen molar-refractivity contribution in [3.63, 3.8) is 0 Å². The maximum absolute atomic E-state index is 4.86. The molecule has 1 saturated heterocycles. The molecule has 6 heteroatoms. The Morgan fingerprint density at radius 3 is 2.68 bits per heavy atom. The molecule has 0 saturated carbocycles. The van der Waals surface area contributed by atoms with E-state index in [1.807, 2.05) is 7.05 Å². The first kappa shape index (κ1) is 15.5. The van der Waals surface area contributed by atoms with Crippen molar-refractivity contribution in [1.82, 2.24) is 20.6 Å². The van der Waals surface area contributed by atoms with Crippen LogP contribution in [0.15, 0.2) is 0 Å². The molecule has 1 aromatic heterocycles. The molecular weight excluding hydrogens is 276 g/mol. The molecule has 0 amide bonds. The minimum atomic E-state index is 0.787. The third-order valence-corrected chi connectivity index (χ3v) is 4.47. The van der Waals surface area contributed by atoms with Crippen molar-refractivity contribution >= 4 is 11.8 Å². The highest BCUT2D eigenvalue weighted by Gasteiger charge is 2.22. The molecule has 3 N–H and O–H groups in total. The van der Waals surface area contributed by atoms with Crippen molar-refractivity contribution in [2.24, 2.45) is 0 Å². The van der Waals surface area contributed by atoms with E-state index in [9.17, 15) is 0 Å². The standard InChI is InChI=1S/C16H28N6/c1-17-8-9-19-16-20-14-6-7-18-12-13(14)15(21-16)22-10-4-2-3-5-11-22/h17-18H,2-12H2,1H3,(H,19,20,21). The molecular formula is C16H28N6. The van der Waals surface area contributed by atoms with Gasteiger partial charge in [0.1, 0.15) is 5.82 Å². The number of rotatable bonds is 5. The van der Waals surface area contributed by atoms with Crippen molar-refractivity contribution in [3.05, 3.63) is 11.3 Å². The molecule has 3 rings (SSSR count). The molecule has 0 unspecified atom stereocenters. The van der Waals surface area contributed by atoms with E-state index < -0.39 is 0 Å². The van der Waals surface area contributed by atoms with Crippen LogP contribution < -0.4 is 20.9 Å². The second-order valence-corrected chi connectivity index (χ2v) is 6.15. The van der Waals surface area contributed by atoms with Crippen LogP contribution in [0.3, 0.4) is 0 Å². The van der Waals surface area contributed by atoms with Crippen molar-refractivity contribution < 1.29 is 0 Å². The average Bonchev–Trinajstić information content (AvgIpc) is 2.83. The Morgan fingerprint density at radius 1 is 1.09 bits per heavy atom. The summed E-state index contributed by atoms with van der Waals surface area (Å²) in [7, 11) is 1.96. The molecule has 22 heavy (non-hydrogen) atoms. The Morgan fingerprint density at radius 2 is 1.91 bits per heavy atom. The topological polar surface area (TPSA) is 65.1 Å². The lowest BCUT2D eigenvalue weighted by atomic mass is 10.1. The van der Waals surface area contributed by atoms with Crippen LogP contribution >= 0.6 is 0 Å². The lowest BCUT2D eigenvalue weighted by Crippen LogP contribution is -2.32. The Balaban J connectivity index is 1.86. The fourth-order valence-electron chi connectivity index (χ4n) is 3.25. The summed E-state index contributed by atoms with van der Waals surface area (Å²) in [5, 5.41) is 9.98.